The Morgan fingerprint density at radius 1 is 1.35 bits per heavy atom. The highest BCUT2D eigenvalue weighted by Crippen LogP contribution is 2.31. The summed E-state index contributed by atoms with van der Waals surface area (Å²) in [5.74, 6) is 0.478. The van der Waals surface area contributed by atoms with Crippen LogP contribution in [-0.2, 0) is 4.74 Å². The molecule has 1 aliphatic carbocycles. The molecule has 110 valence electrons. The number of hydrogen-bond donors (Lipinski definition) is 1. The van der Waals surface area contributed by atoms with Crippen LogP contribution in [0, 0.1) is 12.8 Å². The van der Waals surface area contributed by atoms with Crippen molar-refractivity contribution in [2.24, 2.45) is 5.92 Å². The van der Waals surface area contributed by atoms with E-state index in [1.807, 2.05) is 19.1 Å². The van der Waals surface area contributed by atoms with Crippen molar-refractivity contribution >= 4 is 11.7 Å². The van der Waals surface area contributed by atoms with Gasteiger partial charge in [-0.2, -0.15) is 0 Å². The molecule has 0 aliphatic heterocycles. The van der Waals surface area contributed by atoms with Crippen molar-refractivity contribution < 1.29 is 9.53 Å². The Kier molecular flexibility index (Phi) is 5.05. The molecule has 1 fully saturated rings. The first-order chi connectivity index (χ1) is 9.67. The average Bonchev–Trinajstić information content (AvgIpc) is 2.49. The predicted octanol–water partition coefficient (Wildman–Crippen LogP) is 4.16. The maximum absolute atomic E-state index is 11.7. The van der Waals surface area contributed by atoms with Gasteiger partial charge in [0.25, 0.3) is 0 Å². The molecule has 3 nitrogen and oxygen atoms in total. The highest BCUT2D eigenvalue weighted by molar-refractivity contribution is 5.92. The lowest BCUT2D eigenvalue weighted by atomic mass is 9.82. The highest BCUT2D eigenvalue weighted by atomic mass is 16.5. The van der Waals surface area contributed by atoms with E-state index in [0.717, 1.165) is 17.2 Å². The summed E-state index contributed by atoms with van der Waals surface area (Å²) in [5.41, 5.74) is 2.71. The lowest BCUT2D eigenvalue weighted by molar-refractivity contribution is 0.0600. The molecule has 2 rings (SSSR count). The number of methoxy groups -OCH3 is 1. The van der Waals surface area contributed by atoms with Gasteiger partial charge < -0.3 is 10.1 Å². The molecule has 0 heterocycles. The number of ether oxygens (including phenoxy) is 1. The van der Waals surface area contributed by atoms with Crippen LogP contribution in [0.25, 0.3) is 0 Å². The normalized spacial score (nSPS) is 22.4. The van der Waals surface area contributed by atoms with E-state index in [0.29, 0.717) is 11.6 Å². The number of nitrogens with one attached hydrogen (secondary N) is 1. The lowest BCUT2D eigenvalue weighted by Gasteiger charge is -2.33. The molecule has 2 unspecified atom stereocenters. The fourth-order valence-electron chi connectivity index (χ4n) is 3.21. The van der Waals surface area contributed by atoms with Crippen molar-refractivity contribution in [1.82, 2.24) is 0 Å². The molecule has 0 radical (unpaired) electrons. The molecule has 20 heavy (non-hydrogen) atoms. The summed E-state index contributed by atoms with van der Waals surface area (Å²) in [5, 5.41) is 3.66. The van der Waals surface area contributed by atoms with Gasteiger partial charge in [0.2, 0.25) is 0 Å². The zero-order valence-corrected chi connectivity index (χ0v) is 12.7. The van der Waals surface area contributed by atoms with Gasteiger partial charge in [0, 0.05) is 11.7 Å². The summed E-state index contributed by atoms with van der Waals surface area (Å²) in [6, 6.07) is 6.33. The van der Waals surface area contributed by atoms with Crippen LogP contribution in [0.2, 0.25) is 0 Å². The molecule has 0 spiro atoms. The molecule has 1 aromatic carbocycles. The fraction of sp³-hybridized carbons (Fsp3) is 0.588. The van der Waals surface area contributed by atoms with Gasteiger partial charge in [0.15, 0.2) is 0 Å². The third-order valence-corrected chi connectivity index (χ3v) is 4.51. The first kappa shape index (κ1) is 14.9. The monoisotopic (exact) mass is 275 g/mol. The van der Waals surface area contributed by atoms with E-state index in [9.17, 15) is 4.79 Å². The second-order valence-electron chi connectivity index (χ2n) is 5.67. The molecule has 0 aromatic heterocycles. The number of carbonyl (C=O) groups excluding carboxylic acids is 1. The maximum Gasteiger partial charge on any atom is 0.338 e. The number of benzene rings is 1. The Hall–Kier alpha value is -1.51. The van der Waals surface area contributed by atoms with E-state index in [1.165, 1.54) is 39.2 Å². The predicted molar refractivity (Wildman–Crippen MR) is 82.2 cm³/mol. The zero-order chi connectivity index (χ0) is 14.5. The highest BCUT2D eigenvalue weighted by Gasteiger charge is 2.24. The lowest BCUT2D eigenvalue weighted by Crippen LogP contribution is -2.32. The molecular weight excluding hydrogens is 250 g/mol. The summed E-state index contributed by atoms with van der Waals surface area (Å²) in [7, 11) is 1.43. The first-order valence-corrected chi connectivity index (χ1v) is 7.61. The SMILES string of the molecule is CCC1CCCCC1Nc1cccc(C(=O)OC)c1C. The van der Waals surface area contributed by atoms with Crippen molar-refractivity contribution in [1.29, 1.82) is 0 Å². The number of rotatable bonds is 4. The van der Waals surface area contributed by atoms with Crippen LogP contribution in [0.4, 0.5) is 5.69 Å². The summed E-state index contributed by atoms with van der Waals surface area (Å²) < 4.78 is 4.84. The molecule has 1 saturated carbocycles. The van der Waals surface area contributed by atoms with Crippen molar-refractivity contribution in [3.8, 4) is 0 Å². The van der Waals surface area contributed by atoms with E-state index in [2.05, 4.69) is 18.3 Å². The second-order valence-corrected chi connectivity index (χ2v) is 5.67. The molecule has 3 heteroatoms. The van der Waals surface area contributed by atoms with Crippen LogP contribution < -0.4 is 5.32 Å². The number of hydrogen-bond acceptors (Lipinski definition) is 3. The van der Waals surface area contributed by atoms with E-state index >= 15 is 0 Å². The minimum atomic E-state index is -0.262. The van der Waals surface area contributed by atoms with E-state index in [1.54, 1.807) is 0 Å². The van der Waals surface area contributed by atoms with Gasteiger partial charge in [0.05, 0.1) is 12.7 Å². The van der Waals surface area contributed by atoms with Gasteiger partial charge in [-0.25, -0.2) is 4.79 Å². The number of carbonyl (C=O) groups is 1. The Labute approximate surface area is 121 Å². The van der Waals surface area contributed by atoms with Crippen LogP contribution >= 0.6 is 0 Å². The second kappa shape index (κ2) is 6.78. The molecule has 0 amide bonds. The minimum absolute atomic E-state index is 0.262. The molecule has 2 atom stereocenters. The molecule has 1 aromatic rings. The van der Waals surface area contributed by atoms with Crippen molar-refractivity contribution in [2.75, 3.05) is 12.4 Å². The van der Waals surface area contributed by atoms with E-state index in [-0.39, 0.29) is 5.97 Å². The quantitative estimate of drug-likeness (QED) is 0.838. The summed E-state index contributed by atoms with van der Waals surface area (Å²) in [6.07, 6.45) is 6.39. The first-order valence-electron chi connectivity index (χ1n) is 7.61. The van der Waals surface area contributed by atoms with Gasteiger partial charge in [-0.05, 0) is 43.4 Å². The summed E-state index contributed by atoms with van der Waals surface area (Å²) >= 11 is 0. The number of anilines is 1. The molecular formula is C17H25NO2. The van der Waals surface area contributed by atoms with Gasteiger partial charge in [-0.15, -0.1) is 0 Å². The largest absolute Gasteiger partial charge is 0.465 e. The van der Waals surface area contributed by atoms with Crippen molar-refractivity contribution in [3.63, 3.8) is 0 Å². The third kappa shape index (κ3) is 3.14. The molecule has 1 N–H and O–H groups in total. The smallest absolute Gasteiger partial charge is 0.338 e. The maximum atomic E-state index is 11.7. The van der Waals surface area contributed by atoms with E-state index < -0.39 is 0 Å². The molecule has 0 bridgehead atoms. The van der Waals surface area contributed by atoms with Gasteiger partial charge in [0.1, 0.15) is 0 Å². The van der Waals surface area contributed by atoms with Crippen LogP contribution in [0.1, 0.15) is 54.9 Å². The van der Waals surface area contributed by atoms with Crippen LogP contribution in [0.15, 0.2) is 18.2 Å². The Morgan fingerprint density at radius 2 is 2.10 bits per heavy atom. The van der Waals surface area contributed by atoms with Gasteiger partial charge in [-0.1, -0.05) is 32.3 Å². The Morgan fingerprint density at radius 3 is 2.80 bits per heavy atom. The topological polar surface area (TPSA) is 38.3 Å². The van der Waals surface area contributed by atoms with Crippen LogP contribution in [0.5, 0.6) is 0 Å². The standard InChI is InChI=1S/C17H25NO2/c1-4-13-8-5-6-10-16(13)18-15-11-7-9-14(12(15)2)17(19)20-3/h7,9,11,13,16,18H,4-6,8,10H2,1-3H3. The molecule has 1 aliphatic rings. The zero-order valence-electron chi connectivity index (χ0n) is 12.7. The third-order valence-electron chi connectivity index (χ3n) is 4.51. The van der Waals surface area contributed by atoms with Crippen molar-refractivity contribution in [3.05, 3.63) is 29.3 Å². The van der Waals surface area contributed by atoms with Crippen molar-refractivity contribution in [2.45, 2.75) is 52.0 Å². The van der Waals surface area contributed by atoms with Gasteiger partial charge in [-0.3, -0.25) is 0 Å². The number of esters is 1. The van der Waals surface area contributed by atoms with Crippen LogP contribution in [-0.4, -0.2) is 19.1 Å². The fourth-order valence-corrected chi connectivity index (χ4v) is 3.21. The minimum Gasteiger partial charge on any atom is -0.465 e. The Bertz CT molecular complexity index is 470. The summed E-state index contributed by atoms with van der Waals surface area (Å²) in [4.78, 5) is 11.7. The van der Waals surface area contributed by atoms with E-state index in [4.69, 9.17) is 4.74 Å². The van der Waals surface area contributed by atoms with Crippen LogP contribution in [0.3, 0.4) is 0 Å². The summed E-state index contributed by atoms with van der Waals surface area (Å²) in [6.45, 7) is 4.25. The van der Waals surface area contributed by atoms with Gasteiger partial charge >= 0.3 is 5.97 Å². The Balaban J connectivity index is 2.18. The molecule has 0 saturated heterocycles. The average molecular weight is 275 g/mol.